The van der Waals surface area contributed by atoms with Gasteiger partial charge in [-0.2, -0.15) is 0 Å². The Morgan fingerprint density at radius 3 is 2.95 bits per heavy atom. The number of amides is 2. The van der Waals surface area contributed by atoms with E-state index in [0.717, 1.165) is 10.9 Å². The fourth-order valence-corrected chi connectivity index (χ4v) is 1.70. The largest absolute Gasteiger partial charge is 0.382 e. The Kier molecular flexibility index (Phi) is 5.28. The van der Waals surface area contributed by atoms with Crippen LogP contribution in [0.5, 0.6) is 0 Å². The van der Waals surface area contributed by atoms with E-state index in [1.54, 1.807) is 19.4 Å². The van der Waals surface area contributed by atoms with Crippen molar-refractivity contribution in [3.05, 3.63) is 36.5 Å². The number of nitrogens with one attached hydrogen (secondary N) is 2. The second-order valence-electron chi connectivity index (χ2n) is 4.06. The lowest BCUT2D eigenvalue weighted by molar-refractivity contribution is 0.0650. The zero-order valence-corrected chi connectivity index (χ0v) is 11.3. The van der Waals surface area contributed by atoms with Crippen LogP contribution in [0.25, 0.3) is 10.9 Å². The molecule has 0 saturated heterocycles. The summed E-state index contributed by atoms with van der Waals surface area (Å²) in [7, 11) is 1.59. The summed E-state index contributed by atoms with van der Waals surface area (Å²) in [4.78, 5) is 16.0. The molecule has 0 spiro atoms. The number of hydrogen-bond acceptors (Lipinski definition) is 4. The summed E-state index contributed by atoms with van der Waals surface area (Å²) in [5, 5.41) is 6.32. The van der Waals surface area contributed by atoms with Gasteiger partial charge in [-0.3, -0.25) is 4.98 Å². The number of carbonyl (C=O) groups is 1. The van der Waals surface area contributed by atoms with Gasteiger partial charge in [-0.15, -0.1) is 0 Å². The first-order valence-electron chi connectivity index (χ1n) is 6.26. The molecule has 0 aliphatic carbocycles. The third-order valence-corrected chi connectivity index (χ3v) is 2.65. The van der Waals surface area contributed by atoms with Crippen LogP contribution in [-0.2, 0) is 9.47 Å². The predicted molar refractivity (Wildman–Crippen MR) is 76.6 cm³/mol. The molecule has 0 aliphatic heterocycles. The molecule has 0 aliphatic rings. The minimum absolute atomic E-state index is 0.132. The molecule has 2 N–H and O–H groups in total. The van der Waals surface area contributed by atoms with E-state index in [2.05, 4.69) is 15.6 Å². The topological polar surface area (TPSA) is 72.5 Å². The Labute approximate surface area is 117 Å². The second-order valence-corrected chi connectivity index (χ2v) is 4.06. The second kappa shape index (κ2) is 7.42. The Balaban J connectivity index is 1.90. The Morgan fingerprint density at radius 1 is 1.25 bits per heavy atom. The first-order valence-corrected chi connectivity index (χ1v) is 6.26. The van der Waals surface area contributed by atoms with Gasteiger partial charge in [-0.1, -0.05) is 18.2 Å². The average molecular weight is 275 g/mol. The number of pyridine rings is 1. The van der Waals surface area contributed by atoms with E-state index < -0.39 is 0 Å². The summed E-state index contributed by atoms with van der Waals surface area (Å²) in [6, 6.07) is 9.09. The molecule has 1 aromatic carbocycles. The summed E-state index contributed by atoms with van der Waals surface area (Å²) in [6.07, 6.45) is 1.69. The van der Waals surface area contributed by atoms with Crippen LogP contribution in [0.1, 0.15) is 0 Å². The van der Waals surface area contributed by atoms with Gasteiger partial charge in [0.2, 0.25) is 0 Å². The molecule has 6 nitrogen and oxygen atoms in total. The van der Waals surface area contributed by atoms with Crippen LogP contribution in [0.4, 0.5) is 10.5 Å². The molecule has 0 radical (unpaired) electrons. The molecular weight excluding hydrogens is 258 g/mol. The first kappa shape index (κ1) is 14.2. The third kappa shape index (κ3) is 3.91. The fraction of sp³-hybridized carbons (Fsp3) is 0.286. The summed E-state index contributed by atoms with van der Waals surface area (Å²) >= 11 is 0. The summed E-state index contributed by atoms with van der Waals surface area (Å²) in [5.41, 5.74) is 1.42. The number of rotatable bonds is 6. The van der Waals surface area contributed by atoms with Crippen molar-refractivity contribution >= 4 is 22.6 Å². The van der Waals surface area contributed by atoms with Crippen molar-refractivity contribution < 1.29 is 14.3 Å². The zero-order valence-electron chi connectivity index (χ0n) is 11.3. The monoisotopic (exact) mass is 275 g/mol. The third-order valence-electron chi connectivity index (χ3n) is 2.65. The van der Waals surface area contributed by atoms with Crippen molar-refractivity contribution in [3.63, 3.8) is 0 Å². The number of hydrogen-bond donors (Lipinski definition) is 2. The lowest BCUT2D eigenvalue weighted by Gasteiger charge is -2.09. The van der Waals surface area contributed by atoms with E-state index in [0.29, 0.717) is 18.9 Å². The summed E-state index contributed by atoms with van der Waals surface area (Å²) in [6.45, 7) is 1.07. The number of anilines is 1. The van der Waals surface area contributed by atoms with E-state index in [-0.39, 0.29) is 12.8 Å². The van der Waals surface area contributed by atoms with E-state index >= 15 is 0 Å². The lowest BCUT2D eigenvalue weighted by atomic mass is 10.2. The highest BCUT2D eigenvalue weighted by Crippen LogP contribution is 2.20. The normalized spacial score (nSPS) is 10.4. The highest BCUT2D eigenvalue weighted by molar-refractivity contribution is 5.99. The molecule has 20 heavy (non-hydrogen) atoms. The maximum atomic E-state index is 11.7. The number of ether oxygens (including phenoxy) is 2. The SMILES string of the molecule is COCCOCNC(=O)Nc1cccc2cccnc12. The van der Waals surface area contributed by atoms with Crippen LogP contribution in [0.15, 0.2) is 36.5 Å². The van der Waals surface area contributed by atoms with Gasteiger partial charge < -0.3 is 20.1 Å². The van der Waals surface area contributed by atoms with E-state index in [1.807, 2.05) is 24.3 Å². The van der Waals surface area contributed by atoms with E-state index in [4.69, 9.17) is 9.47 Å². The van der Waals surface area contributed by atoms with Gasteiger partial charge in [0.1, 0.15) is 6.73 Å². The fourth-order valence-electron chi connectivity index (χ4n) is 1.70. The molecule has 2 amide bonds. The van der Waals surface area contributed by atoms with Gasteiger partial charge in [0.25, 0.3) is 0 Å². The number of carbonyl (C=O) groups excluding carboxylic acids is 1. The van der Waals surface area contributed by atoms with Crippen molar-refractivity contribution in [2.45, 2.75) is 0 Å². The van der Waals surface area contributed by atoms with Crippen LogP contribution in [-0.4, -0.2) is 38.1 Å². The lowest BCUT2D eigenvalue weighted by Crippen LogP contribution is -2.31. The molecule has 0 atom stereocenters. The van der Waals surface area contributed by atoms with Crippen molar-refractivity contribution in [1.29, 1.82) is 0 Å². The van der Waals surface area contributed by atoms with Gasteiger partial charge in [-0.25, -0.2) is 4.79 Å². The quantitative estimate of drug-likeness (QED) is 0.624. The number of para-hydroxylation sites is 1. The molecular formula is C14H17N3O3. The molecule has 1 heterocycles. The molecule has 1 aromatic heterocycles. The number of benzene rings is 1. The number of fused-ring (bicyclic) bond motifs is 1. The van der Waals surface area contributed by atoms with Crippen LogP contribution >= 0.6 is 0 Å². The van der Waals surface area contributed by atoms with E-state index in [1.165, 1.54) is 0 Å². The maximum Gasteiger partial charge on any atom is 0.321 e. The highest BCUT2D eigenvalue weighted by Gasteiger charge is 2.05. The van der Waals surface area contributed by atoms with Crippen molar-refractivity contribution in [3.8, 4) is 0 Å². The summed E-state index contributed by atoms with van der Waals surface area (Å²) in [5.74, 6) is 0. The van der Waals surface area contributed by atoms with Crippen molar-refractivity contribution in [2.24, 2.45) is 0 Å². The summed E-state index contributed by atoms with van der Waals surface area (Å²) < 4.78 is 9.99. The minimum atomic E-state index is -0.333. The van der Waals surface area contributed by atoms with Crippen LogP contribution in [0.3, 0.4) is 0 Å². The molecule has 0 fully saturated rings. The minimum Gasteiger partial charge on any atom is -0.382 e. The van der Waals surface area contributed by atoms with Crippen LogP contribution in [0.2, 0.25) is 0 Å². The zero-order chi connectivity index (χ0) is 14.2. The average Bonchev–Trinajstić information content (AvgIpc) is 2.47. The maximum absolute atomic E-state index is 11.7. The number of urea groups is 1. The van der Waals surface area contributed by atoms with Gasteiger partial charge in [0, 0.05) is 18.7 Å². The number of methoxy groups -OCH3 is 1. The molecule has 2 rings (SSSR count). The molecule has 0 bridgehead atoms. The number of nitrogens with zero attached hydrogens (tertiary/aromatic N) is 1. The Morgan fingerprint density at radius 2 is 2.10 bits per heavy atom. The van der Waals surface area contributed by atoms with Crippen molar-refractivity contribution in [1.82, 2.24) is 10.3 Å². The Hall–Kier alpha value is -2.18. The first-order chi connectivity index (χ1) is 9.81. The van der Waals surface area contributed by atoms with Gasteiger partial charge in [0.05, 0.1) is 24.4 Å². The Bertz CT molecular complexity index is 569. The van der Waals surface area contributed by atoms with Gasteiger partial charge >= 0.3 is 6.03 Å². The van der Waals surface area contributed by atoms with Crippen molar-refractivity contribution in [2.75, 3.05) is 32.4 Å². The van der Waals surface area contributed by atoms with E-state index in [9.17, 15) is 4.79 Å². The molecule has 2 aromatic rings. The van der Waals surface area contributed by atoms with Crippen LogP contribution in [0, 0.1) is 0 Å². The molecule has 6 heteroatoms. The molecule has 106 valence electrons. The smallest absolute Gasteiger partial charge is 0.321 e. The predicted octanol–water partition coefficient (Wildman–Crippen LogP) is 1.98. The molecule has 0 saturated carbocycles. The highest BCUT2D eigenvalue weighted by atomic mass is 16.5. The van der Waals surface area contributed by atoms with Crippen LogP contribution < -0.4 is 10.6 Å². The van der Waals surface area contributed by atoms with Gasteiger partial charge in [-0.05, 0) is 12.1 Å². The standard InChI is InChI=1S/C14H17N3O3/c1-19-8-9-20-10-16-14(18)17-12-6-2-4-11-5-3-7-15-13(11)12/h2-7H,8-10H2,1H3,(H2,16,17,18). The van der Waals surface area contributed by atoms with Gasteiger partial charge in [0.15, 0.2) is 0 Å². The number of aromatic nitrogens is 1. The molecule has 0 unspecified atom stereocenters.